The van der Waals surface area contributed by atoms with E-state index in [-0.39, 0.29) is 0 Å². The summed E-state index contributed by atoms with van der Waals surface area (Å²) in [5, 5.41) is 2.01. The first-order chi connectivity index (χ1) is 9.33. The van der Waals surface area contributed by atoms with Crippen molar-refractivity contribution < 1.29 is 9.15 Å². The lowest BCUT2D eigenvalue weighted by Crippen LogP contribution is -1.95. The van der Waals surface area contributed by atoms with Gasteiger partial charge in [0.1, 0.15) is 5.75 Å². The third-order valence-electron chi connectivity index (χ3n) is 2.51. The minimum Gasteiger partial charge on any atom is -0.483 e. The number of nitrogens with zero attached hydrogens (tertiary/aromatic N) is 1. The molecule has 3 aromatic rings. The molecule has 0 spiro atoms. The van der Waals surface area contributed by atoms with Crippen molar-refractivity contribution in [2.75, 3.05) is 0 Å². The fraction of sp³-hybridized carbons (Fsp3) is 0.0714. The Morgan fingerprint density at radius 1 is 1.21 bits per heavy atom. The molecule has 0 bridgehead atoms. The van der Waals surface area contributed by atoms with Gasteiger partial charge in [-0.05, 0) is 39.5 Å². The van der Waals surface area contributed by atoms with E-state index in [1.807, 2.05) is 41.8 Å². The maximum atomic E-state index is 5.65. The second kappa shape index (κ2) is 5.59. The van der Waals surface area contributed by atoms with Gasteiger partial charge in [-0.2, -0.15) is 0 Å². The van der Waals surface area contributed by atoms with Crippen LogP contribution in [0.4, 0.5) is 0 Å². The first-order valence-corrected chi connectivity index (χ1v) is 7.36. The minimum atomic E-state index is 0.313. The molecule has 0 saturated carbocycles. The van der Waals surface area contributed by atoms with Gasteiger partial charge in [0.05, 0.1) is 15.5 Å². The summed E-state index contributed by atoms with van der Waals surface area (Å²) in [7, 11) is 0. The van der Waals surface area contributed by atoms with E-state index in [0.717, 1.165) is 20.9 Å². The predicted molar refractivity (Wildman–Crippen MR) is 78.3 cm³/mol. The van der Waals surface area contributed by atoms with Crippen LogP contribution < -0.4 is 4.74 Å². The number of hydrogen-bond donors (Lipinski definition) is 0. The van der Waals surface area contributed by atoms with Crippen LogP contribution in [0.25, 0.3) is 10.6 Å². The second-order valence-corrected chi connectivity index (χ2v) is 5.62. The largest absolute Gasteiger partial charge is 0.483 e. The zero-order valence-electron chi connectivity index (χ0n) is 9.88. The lowest BCUT2D eigenvalue weighted by molar-refractivity contribution is 0.263. The SMILES string of the molecule is Brc1ccccc1OCc1ncc(-c2cccs2)o1. The van der Waals surface area contributed by atoms with Crippen molar-refractivity contribution in [3.8, 4) is 16.4 Å². The molecule has 0 saturated heterocycles. The topological polar surface area (TPSA) is 35.3 Å². The van der Waals surface area contributed by atoms with Gasteiger partial charge in [-0.3, -0.25) is 0 Å². The molecule has 0 radical (unpaired) electrons. The summed E-state index contributed by atoms with van der Waals surface area (Å²) >= 11 is 5.06. The summed E-state index contributed by atoms with van der Waals surface area (Å²) in [4.78, 5) is 5.29. The van der Waals surface area contributed by atoms with Crippen LogP contribution in [0.5, 0.6) is 5.75 Å². The molecule has 96 valence electrons. The van der Waals surface area contributed by atoms with Crippen LogP contribution in [0.15, 0.2) is 56.9 Å². The molecule has 0 aliphatic carbocycles. The van der Waals surface area contributed by atoms with Crippen LogP contribution >= 0.6 is 27.3 Å². The van der Waals surface area contributed by atoms with E-state index in [1.165, 1.54) is 0 Å². The number of para-hydroxylation sites is 1. The Bertz CT molecular complexity index is 664. The smallest absolute Gasteiger partial charge is 0.232 e. The van der Waals surface area contributed by atoms with Gasteiger partial charge in [0.15, 0.2) is 12.4 Å². The van der Waals surface area contributed by atoms with E-state index in [4.69, 9.17) is 9.15 Å². The fourth-order valence-corrected chi connectivity index (χ4v) is 2.68. The van der Waals surface area contributed by atoms with Gasteiger partial charge < -0.3 is 9.15 Å². The standard InChI is InChI=1S/C14H10BrNO2S/c15-10-4-1-2-5-11(10)17-9-14-16-8-12(18-14)13-6-3-7-19-13/h1-8H,9H2. The molecule has 0 aliphatic heterocycles. The Kier molecular flexibility index (Phi) is 3.66. The van der Waals surface area contributed by atoms with E-state index < -0.39 is 0 Å². The van der Waals surface area contributed by atoms with Crippen LogP contribution in [-0.2, 0) is 6.61 Å². The average molecular weight is 336 g/mol. The molecule has 0 atom stereocenters. The highest BCUT2D eigenvalue weighted by atomic mass is 79.9. The summed E-state index contributed by atoms with van der Waals surface area (Å²) < 4.78 is 12.2. The number of ether oxygens (including phenoxy) is 1. The minimum absolute atomic E-state index is 0.313. The molecule has 0 unspecified atom stereocenters. The highest BCUT2D eigenvalue weighted by Gasteiger charge is 2.08. The second-order valence-electron chi connectivity index (χ2n) is 3.81. The van der Waals surface area contributed by atoms with Crippen LogP contribution in [-0.4, -0.2) is 4.98 Å². The molecule has 3 rings (SSSR count). The maximum absolute atomic E-state index is 5.65. The molecule has 2 heterocycles. The number of rotatable bonds is 4. The summed E-state index contributed by atoms with van der Waals surface area (Å²) in [6.45, 7) is 0.313. The van der Waals surface area contributed by atoms with Crippen molar-refractivity contribution >= 4 is 27.3 Å². The number of oxazole rings is 1. The molecule has 0 N–H and O–H groups in total. The summed E-state index contributed by atoms with van der Waals surface area (Å²) in [5.41, 5.74) is 0. The van der Waals surface area contributed by atoms with Crippen molar-refractivity contribution in [2.24, 2.45) is 0 Å². The van der Waals surface area contributed by atoms with Crippen LogP contribution in [0.3, 0.4) is 0 Å². The summed E-state index contributed by atoms with van der Waals surface area (Å²) in [5.74, 6) is 2.12. The van der Waals surface area contributed by atoms with Crippen molar-refractivity contribution in [3.05, 3.63) is 58.3 Å². The lowest BCUT2D eigenvalue weighted by Gasteiger charge is -2.04. The molecule has 1 aromatic carbocycles. The number of halogens is 1. The molecule has 0 amide bonds. The first-order valence-electron chi connectivity index (χ1n) is 5.69. The van der Waals surface area contributed by atoms with Crippen LogP contribution in [0, 0.1) is 0 Å². The monoisotopic (exact) mass is 335 g/mol. The Hall–Kier alpha value is -1.59. The zero-order valence-corrected chi connectivity index (χ0v) is 12.3. The normalized spacial score (nSPS) is 10.6. The van der Waals surface area contributed by atoms with Crippen molar-refractivity contribution in [1.29, 1.82) is 0 Å². The Morgan fingerprint density at radius 3 is 2.89 bits per heavy atom. The van der Waals surface area contributed by atoms with Crippen molar-refractivity contribution in [3.63, 3.8) is 0 Å². The number of aromatic nitrogens is 1. The molecular weight excluding hydrogens is 326 g/mol. The van der Waals surface area contributed by atoms with Gasteiger partial charge in [0.2, 0.25) is 5.89 Å². The Labute approximate surface area is 123 Å². The maximum Gasteiger partial charge on any atom is 0.232 e. The number of hydrogen-bond acceptors (Lipinski definition) is 4. The molecule has 5 heteroatoms. The summed E-state index contributed by atoms with van der Waals surface area (Å²) in [6, 6.07) is 11.7. The van der Waals surface area contributed by atoms with Gasteiger partial charge in [0, 0.05) is 0 Å². The Balaban J connectivity index is 1.70. The highest BCUT2D eigenvalue weighted by Crippen LogP contribution is 2.27. The summed E-state index contributed by atoms with van der Waals surface area (Å²) in [6.07, 6.45) is 1.73. The average Bonchev–Trinajstić information content (AvgIpc) is 3.09. The quantitative estimate of drug-likeness (QED) is 0.690. The molecule has 19 heavy (non-hydrogen) atoms. The number of benzene rings is 1. The van der Waals surface area contributed by atoms with Gasteiger partial charge in [-0.1, -0.05) is 18.2 Å². The molecule has 3 nitrogen and oxygen atoms in total. The van der Waals surface area contributed by atoms with E-state index in [2.05, 4.69) is 20.9 Å². The predicted octanol–water partition coefficient (Wildman–Crippen LogP) is 4.74. The van der Waals surface area contributed by atoms with Gasteiger partial charge >= 0.3 is 0 Å². The van der Waals surface area contributed by atoms with Crippen molar-refractivity contribution in [2.45, 2.75) is 6.61 Å². The van der Waals surface area contributed by atoms with Crippen LogP contribution in [0.1, 0.15) is 5.89 Å². The lowest BCUT2D eigenvalue weighted by atomic mass is 10.3. The van der Waals surface area contributed by atoms with E-state index in [9.17, 15) is 0 Å². The highest BCUT2D eigenvalue weighted by molar-refractivity contribution is 9.10. The van der Waals surface area contributed by atoms with E-state index >= 15 is 0 Å². The third kappa shape index (κ3) is 2.88. The van der Waals surface area contributed by atoms with Crippen LogP contribution in [0.2, 0.25) is 0 Å². The fourth-order valence-electron chi connectivity index (χ4n) is 1.61. The molecular formula is C14H10BrNO2S. The van der Waals surface area contributed by atoms with Gasteiger partial charge in [0.25, 0.3) is 0 Å². The first kappa shape index (κ1) is 12.4. The molecule has 2 aromatic heterocycles. The Morgan fingerprint density at radius 2 is 2.11 bits per heavy atom. The number of thiophene rings is 1. The van der Waals surface area contributed by atoms with E-state index in [0.29, 0.717) is 12.5 Å². The van der Waals surface area contributed by atoms with Gasteiger partial charge in [-0.15, -0.1) is 11.3 Å². The molecule has 0 aliphatic rings. The van der Waals surface area contributed by atoms with Gasteiger partial charge in [-0.25, -0.2) is 4.98 Å². The molecule has 0 fully saturated rings. The van der Waals surface area contributed by atoms with E-state index in [1.54, 1.807) is 17.5 Å². The zero-order chi connectivity index (χ0) is 13.1. The third-order valence-corrected chi connectivity index (χ3v) is 4.04. The van der Waals surface area contributed by atoms with Crippen molar-refractivity contribution in [1.82, 2.24) is 4.98 Å².